The van der Waals surface area contributed by atoms with Gasteiger partial charge in [0.05, 0.1) is 10.6 Å². The number of nitro benzene ring substituents is 1. The molecule has 0 radical (unpaired) electrons. The average Bonchev–Trinajstić information content (AvgIpc) is 2.62. The highest BCUT2D eigenvalue weighted by atomic mass is 19.2. The van der Waals surface area contributed by atoms with Crippen molar-refractivity contribution in [2.75, 3.05) is 5.73 Å². The van der Waals surface area contributed by atoms with Gasteiger partial charge in [0.1, 0.15) is 5.82 Å². The Kier molecular flexibility index (Phi) is 2.70. The molecule has 0 aliphatic carbocycles. The molecule has 0 amide bonds. The Morgan fingerprint density at radius 1 is 1.39 bits per heavy atom. The van der Waals surface area contributed by atoms with E-state index in [9.17, 15) is 18.9 Å². The van der Waals surface area contributed by atoms with Gasteiger partial charge in [0.25, 0.3) is 0 Å². The summed E-state index contributed by atoms with van der Waals surface area (Å²) in [6.45, 7) is 0. The molecule has 0 aliphatic heterocycles. The fourth-order valence-electron chi connectivity index (χ4n) is 1.48. The number of anilines is 1. The lowest BCUT2D eigenvalue weighted by Crippen LogP contribution is -1.98. The zero-order valence-corrected chi connectivity index (χ0v) is 9.22. The molecule has 0 bridgehead atoms. The predicted molar refractivity (Wildman–Crippen MR) is 59.6 cm³/mol. The van der Waals surface area contributed by atoms with E-state index in [1.165, 1.54) is 10.7 Å². The minimum absolute atomic E-state index is 0.0906. The van der Waals surface area contributed by atoms with Gasteiger partial charge in [-0.3, -0.25) is 14.8 Å². The highest BCUT2D eigenvalue weighted by Gasteiger charge is 2.21. The number of nitrogens with two attached hydrogens (primary N) is 1. The quantitative estimate of drug-likeness (QED) is 0.654. The molecule has 0 atom stereocenters. The van der Waals surface area contributed by atoms with Crippen molar-refractivity contribution in [2.45, 2.75) is 0 Å². The van der Waals surface area contributed by atoms with Crippen molar-refractivity contribution in [3.63, 3.8) is 0 Å². The van der Waals surface area contributed by atoms with Crippen LogP contribution >= 0.6 is 0 Å². The monoisotopic (exact) mass is 254 g/mol. The van der Waals surface area contributed by atoms with Crippen molar-refractivity contribution in [1.29, 1.82) is 0 Å². The van der Waals surface area contributed by atoms with Crippen LogP contribution in [-0.4, -0.2) is 14.7 Å². The van der Waals surface area contributed by atoms with Crippen molar-refractivity contribution in [3.05, 3.63) is 39.9 Å². The van der Waals surface area contributed by atoms with E-state index in [0.29, 0.717) is 5.82 Å². The molecular weight excluding hydrogens is 246 g/mol. The molecule has 8 heteroatoms. The van der Waals surface area contributed by atoms with Crippen molar-refractivity contribution in [3.8, 4) is 11.3 Å². The normalized spacial score (nSPS) is 10.6. The molecular formula is C10H8F2N4O2. The van der Waals surface area contributed by atoms with Crippen molar-refractivity contribution >= 4 is 11.5 Å². The molecule has 2 aromatic rings. The maximum absolute atomic E-state index is 13.2. The second-order valence-electron chi connectivity index (χ2n) is 3.63. The number of aryl methyl sites for hydroxylation is 1. The lowest BCUT2D eigenvalue weighted by molar-refractivity contribution is -0.387. The van der Waals surface area contributed by atoms with E-state index >= 15 is 0 Å². The third kappa shape index (κ3) is 1.88. The minimum Gasteiger partial charge on any atom is -0.384 e. The second-order valence-corrected chi connectivity index (χ2v) is 3.63. The molecule has 0 saturated carbocycles. The summed E-state index contributed by atoms with van der Waals surface area (Å²) < 4.78 is 27.7. The first-order valence-electron chi connectivity index (χ1n) is 4.83. The number of nitrogens with zero attached hydrogens (tertiary/aromatic N) is 3. The lowest BCUT2D eigenvalue weighted by atomic mass is 10.1. The highest BCUT2D eigenvalue weighted by molar-refractivity contribution is 5.65. The van der Waals surface area contributed by atoms with Gasteiger partial charge >= 0.3 is 5.69 Å². The SMILES string of the molecule is Cn1nc(-c2cc(F)c(F)c([N+](=O)[O-])c2)cc1N. The summed E-state index contributed by atoms with van der Waals surface area (Å²) in [5, 5.41) is 14.5. The number of hydrogen-bond acceptors (Lipinski definition) is 4. The number of benzene rings is 1. The highest BCUT2D eigenvalue weighted by Crippen LogP contribution is 2.28. The van der Waals surface area contributed by atoms with Crippen LogP contribution in [0.3, 0.4) is 0 Å². The molecule has 2 N–H and O–H groups in total. The molecule has 94 valence electrons. The number of nitrogen functional groups attached to an aromatic ring is 1. The minimum atomic E-state index is -1.49. The van der Waals surface area contributed by atoms with E-state index in [0.717, 1.165) is 12.1 Å². The Morgan fingerprint density at radius 2 is 2.06 bits per heavy atom. The molecule has 0 spiro atoms. The fourth-order valence-corrected chi connectivity index (χ4v) is 1.48. The van der Waals surface area contributed by atoms with Crippen molar-refractivity contribution in [1.82, 2.24) is 9.78 Å². The summed E-state index contributed by atoms with van der Waals surface area (Å²) in [6.07, 6.45) is 0. The van der Waals surface area contributed by atoms with Gasteiger partial charge in [-0.2, -0.15) is 9.49 Å². The van der Waals surface area contributed by atoms with E-state index in [1.54, 1.807) is 7.05 Å². The van der Waals surface area contributed by atoms with Crippen LogP contribution in [0.4, 0.5) is 20.3 Å². The summed E-state index contributed by atoms with van der Waals surface area (Å²) in [7, 11) is 1.56. The molecule has 0 saturated heterocycles. The maximum Gasteiger partial charge on any atom is 0.308 e. The van der Waals surface area contributed by atoms with Crippen LogP contribution in [0.1, 0.15) is 0 Å². The van der Waals surface area contributed by atoms with Gasteiger partial charge < -0.3 is 5.73 Å². The Hall–Kier alpha value is -2.51. The van der Waals surface area contributed by atoms with E-state index in [1.807, 2.05) is 0 Å². The average molecular weight is 254 g/mol. The van der Waals surface area contributed by atoms with Crippen molar-refractivity contribution < 1.29 is 13.7 Å². The third-order valence-corrected chi connectivity index (χ3v) is 2.42. The van der Waals surface area contributed by atoms with Crippen LogP contribution in [-0.2, 0) is 7.05 Å². The topological polar surface area (TPSA) is 87.0 Å². The van der Waals surface area contributed by atoms with Gasteiger partial charge in [-0.05, 0) is 6.07 Å². The smallest absolute Gasteiger partial charge is 0.308 e. The maximum atomic E-state index is 13.2. The molecule has 0 aliphatic rings. The first-order valence-corrected chi connectivity index (χ1v) is 4.83. The molecule has 1 aromatic carbocycles. The van der Waals surface area contributed by atoms with Crippen molar-refractivity contribution in [2.24, 2.45) is 7.05 Å². The third-order valence-electron chi connectivity index (χ3n) is 2.42. The first kappa shape index (κ1) is 12.0. The summed E-state index contributed by atoms with van der Waals surface area (Å²) in [5.74, 6) is -2.49. The van der Waals surface area contributed by atoms with Crippen LogP contribution in [0.25, 0.3) is 11.3 Å². The predicted octanol–water partition coefficient (Wildman–Crippen LogP) is 1.86. The second kappa shape index (κ2) is 4.06. The summed E-state index contributed by atoms with van der Waals surface area (Å²) >= 11 is 0. The van der Waals surface area contributed by atoms with Gasteiger partial charge in [0.2, 0.25) is 5.82 Å². The molecule has 6 nitrogen and oxygen atoms in total. The summed E-state index contributed by atoms with van der Waals surface area (Å²) in [4.78, 5) is 9.59. The Morgan fingerprint density at radius 3 is 2.56 bits per heavy atom. The Bertz CT molecular complexity index is 620. The molecule has 1 aromatic heterocycles. The number of nitro groups is 1. The first-order chi connectivity index (χ1) is 8.40. The standard InChI is InChI=1S/C10H8F2N4O2/c1-15-9(13)4-7(14-15)5-2-6(11)10(12)8(3-5)16(17)18/h2-4H,13H2,1H3. The van der Waals surface area contributed by atoms with Gasteiger partial charge in [0.15, 0.2) is 5.82 Å². The van der Waals surface area contributed by atoms with Crippen LogP contribution < -0.4 is 5.73 Å². The largest absolute Gasteiger partial charge is 0.384 e. The van der Waals surface area contributed by atoms with Gasteiger partial charge in [-0.25, -0.2) is 4.39 Å². The van der Waals surface area contributed by atoms with E-state index in [2.05, 4.69) is 5.10 Å². The zero-order chi connectivity index (χ0) is 13.4. The Balaban J connectivity index is 2.62. The van der Waals surface area contributed by atoms with Gasteiger partial charge in [-0.15, -0.1) is 0 Å². The van der Waals surface area contributed by atoms with Crippen LogP contribution in [0.2, 0.25) is 0 Å². The lowest BCUT2D eigenvalue weighted by Gasteiger charge is -2.00. The number of halogens is 2. The molecule has 2 rings (SSSR count). The number of rotatable bonds is 2. The number of aromatic nitrogens is 2. The fraction of sp³-hybridized carbons (Fsp3) is 0.100. The zero-order valence-electron chi connectivity index (χ0n) is 9.22. The number of hydrogen-bond donors (Lipinski definition) is 1. The van der Waals surface area contributed by atoms with Gasteiger partial charge in [0, 0.05) is 24.7 Å². The van der Waals surface area contributed by atoms with E-state index in [-0.39, 0.29) is 11.3 Å². The van der Waals surface area contributed by atoms with Crippen LogP contribution in [0.15, 0.2) is 18.2 Å². The molecule has 1 heterocycles. The molecule has 0 unspecified atom stereocenters. The van der Waals surface area contributed by atoms with E-state index in [4.69, 9.17) is 5.73 Å². The molecule has 0 fully saturated rings. The van der Waals surface area contributed by atoms with Crippen LogP contribution in [0, 0.1) is 21.7 Å². The summed E-state index contributed by atoms with van der Waals surface area (Å²) in [5.41, 5.74) is 4.93. The van der Waals surface area contributed by atoms with Crippen LogP contribution in [0.5, 0.6) is 0 Å². The van der Waals surface area contributed by atoms with Gasteiger partial charge in [-0.1, -0.05) is 0 Å². The summed E-state index contributed by atoms with van der Waals surface area (Å²) in [6, 6.07) is 3.17. The Labute approximate surface area is 99.8 Å². The molecule has 18 heavy (non-hydrogen) atoms. The van der Waals surface area contributed by atoms with E-state index < -0.39 is 22.2 Å².